The lowest BCUT2D eigenvalue weighted by Gasteiger charge is -2.24. The van der Waals surface area contributed by atoms with Gasteiger partial charge in [-0.2, -0.15) is 0 Å². The lowest BCUT2D eigenvalue weighted by molar-refractivity contribution is -0.151. The molecule has 0 saturated carbocycles. The van der Waals surface area contributed by atoms with Gasteiger partial charge in [0, 0.05) is 6.42 Å². The molecular formula is C45H52N2O7. The van der Waals surface area contributed by atoms with Crippen LogP contribution in [0.4, 0.5) is 0 Å². The molecule has 0 bridgehead atoms. The monoisotopic (exact) mass is 732 g/mol. The SMILES string of the molecule is O=C(CC1CC=CCCCC(Cc2ccccc2)C(=O)OCC(COCc2ccccc2)NC1=O)NC(CO)Cc1ccc(OCc2ccccc2)cc1. The van der Waals surface area contributed by atoms with Crippen LogP contribution in [-0.2, 0) is 49.9 Å². The van der Waals surface area contributed by atoms with Crippen molar-refractivity contribution in [1.82, 2.24) is 10.6 Å². The number of carbonyl (C=O) groups is 3. The van der Waals surface area contributed by atoms with E-state index >= 15 is 0 Å². The third kappa shape index (κ3) is 14.0. The predicted molar refractivity (Wildman–Crippen MR) is 208 cm³/mol. The summed E-state index contributed by atoms with van der Waals surface area (Å²) in [6, 6.07) is 36.0. The zero-order valence-electron chi connectivity index (χ0n) is 30.8. The van der Waals surface area contributed by atoms with E-state index in [1.165, 1.54) is 0 Å². The van der Waals surface area contributed by atoms with Crippen molar-refractivity contribution in [3.63, 3.8) is 0 Å². The molecule has 4 aromatic carbocycles. The number of hydrogen-bond donors (Lipinski definition) is 3. The van der Waals surface area contributed by atoms with Gasteiger partial charge >= 0.3 is 5.97 Å². The summed E-state index contributed by atoms with van der Waals surface area (Å²) < 4.78 is 17.7. The van der Waals surface area contributed by atoms with Crippen molar-refractivity contribution in [2.75, 3.05) is 19.8 Å². The molecule has 5 rings (SSSR count). The maximum Gasteiger partial charge on any atom is 0.309 e. The smallest absolute Gasteiger partial charge is 0.309 e. The fourth-order valence-electron chi connectivity index (χ4n) is 6.41. The van der Waals surface area contributed by atoms with Gasteiger partial charge in [0.2, 0.25) is 11.8 Å². The van der Waals surface area contributed by atoms with E-state index in [1.807, 2.05) is 127 Å². The first kappa shape index (κ1) is 39.9. The number of hydrogen-bond acceptors (Lipinski definition) is 7. The number of amides is 2. The average Bonchev–Trinajstić information content (AvgIpc) is 3.20. The molecule has 54 heavy (non-hydrogen) atoms. The molecular weight excluding hydrogens is 681 g/mol. The highest BCUT2D eigenvalue weighted by Gasteiger charge is 2.27. The van der Waals surface area contributed by atoms with Crippen molar-refractivity contribution in [2.45, 2.75) is 70.2 Å². The predicted octanol–water partition coefficient (Wildman–Crippen LogP) is 6.53. The zero-order chi connectivity index (χ0) is 37.8. The molecule has 4 aromatic rings. The topological polar surface area (TPSA) is 123 Å². The molecule has 4 atom stereocenters. The van der Waals surface area contributed by atoms with Gasteiger partial charge in [-0.1, -0.05) is 115 Å². The van der Waals surface area contributed by atoms with Gasteiger partial charge in [-0.3, -0.25) is 14.4 Å². The molecule has 2 amide bonds. The minimum absolute atomic E-state index is 0.0535. The fraction of sp³-hybridized carbons (Fsp3) is 0.356. The lowest BCUT2D eigenvalue weighted by atomic mass is 9.93. The Morgan fingerprint density at radius 3 is 2.11 bits per heavy atom. The number of allylic oxidation sites excluding steroid dienone is 2. The van der Waals surface area contributed by atoms with Crippen LogP contribution in [-0.4, -0.2) is 54.8 Å². The van der Waals surface area contributed by atoms with Gasteiger partial charge in [-0.05, 0) is 72.9 Å². The Balaban J connectivity index is 1.20. The minimum Gasteiger partial charge on any atom is -0.489 e. The van der Waals surface area contributed by atoms with Crippen LogP contribution in [0.2, 0.25) is 0 Å². The summed E-state index contributed by atoms with van der Waals surface area (Å²) in [5.74, 6) is -1.23. The quantitative estimate of drug-likeness (QED) is 0.0939. The Morgan fingerprint density at radius 2 is 1.44 bits per heavy atom. The van der Waals surface area contributed by atoms with Crippen molar-refractivity contribution in [3.05, 3.63) is 150 Å². The summed E-state index contributed by atoms with van der Waals surface area (Å²) in [7, 11) is 0. The highest BCUT2D eigenvalue weighted by molar-refractivity contribution is 5.86. The van der Waals surface area contributed by atoms with E-state index in [-0.39, 0.29) is 49.9 Å². The van der Waals surface area contributed by atoms with E-state index in [0.717, 1.165) is 40.8 Å². The normalized spacial score (nSPS) is 18.8. The molecule has 1 heterocycles. The van der Waals surface area contributed by atoms with Crippen LogP contribution >= 0.6 is 0 Å². The molecule has 9 heteroatoms. The van der Waals surface area contributed by atoms with E-state index in [4.69, 9.17) is 14.2 Å². The highest BCUT2D eigenvalue weighted by atomic mass is 16.5. The molecule has 4 unspecified atom stereocenters. The van der Waals surface area contributed by atoms with E-state index in [0.29, 0.717) is 38.9 Å². The Bertz CT molecular complexity index is 1730. The first-order valence-corrected chi connectivity index (χ1v) is 18.9. The molecule has 3 N–H and O–H groups in total. The zero-order valence-corrected chi connectivity index (χ0v) is 30.8. The molecule has 0 aromatic heterocycles. The van der Waals surface area contributed by atoms with Crippen LogP contribution in [0.3, 0.4) is 0 Å². The number of esters is 1. The van der Waals surface area contributed by atoms with E-state index in [9.17, 15) is 19.5 Å². The number of rotatable bonds is 15. The van der Waals surface area contributed by atoms with E-state index in [1.54, 1.807) is 0 Å². The Hall–Kier alpha value is -5.25. The van der Waals surface area contributed by atoms with Crippen molar-refractivity contribution in [1.29, 1.82) is 0 Å². The summed E-state index contributed by atoms with van der Waals surface area (Å²) in [5, 5.41) is 16.1. The number of nitrogens with one attached hydrogen (secondary N) is 2. The maximum atomic E-state index is 13.8. The molecule has 0 fully saturated rings. The first-order valence-electron chi connectivity index (χ1n) is 18.9. The Morgan fingerprint density at radius 1 is 0.796 bits per heavy atom. The number of benzene rings is 4. The number of aliphatic hydroxyl groups is 1. The second-order valence-corrected chi connectivity index (χ2v) is 13.8. The molecule has 0 spiro atoms. The maximum absolute atomic E-state index is 13.8. The molecule has 1 aliphatic heterocycles. The van der Waals surface area contributed by atoms with Crippen LogP contribution in [0.1, 0.15) is 54.4 Å². The third-order valence-electron chi connectivity index (χ3n) is 9.41. The summed E-state index contributed by atoms with van der Waals surface area (Å²) in [4.78, 5) is 40.6. The minimum atomic E-state index is -0.678. The summed E-state index contributed by atoms with van der Waals surface area (Å²) in [6.07, 6.45) is 7.41. The van der Waals surface area contributed by atoms with Crippen molar-refractivity contribution < 1.29 is 33.7 Å². The van der Waals surface area contributed by atoms with Crippen LogP contribution < -0.4 is 15.4 Å². The molecule has 0 saturated heterocycles. The molecule has 0 aliphatic carbocycles. The van der Waals surface area contributed by atoms with Crippen LogP contribution in [0.15, 0.2) is 127 Å². The van der Waals surface area contributed by atoms with Crippen molar-refractivity contribution >= 4 is 17.8 Å². The van der Waals surface area contributed by atoms with Crippen molar-refractivity contribution in [2.24, 2.45) is 11.8 Å². The molecule has 1 aliphatic rings. The van der Waals surface area contributed by atoms with Crippen LogP contribution in [0.25, 0.3) is 0 Å². The van der Waals surface area contributed by atoms with Gasteiger partial charge < -0.3 is 30.0 Å². The van der Waals surface area contributed by atoms with E-state index < -0.39 is 18.0 Å². The Labute approximate surface area is 318 Å². The van der Waals surface area contributed by atoms with E-state index in [2.05, 4.69) is 10.6 Å². The number of carbonyl (C=O) groups excluding carboxylic acids is 3. The largest absolute Gasteiger partial charge is 0.489 e. The number of ether oxygens (including phenoxy) is 3. The molecule has 0 radical (unpaired) electrons. The van der Waals surface area contributed by atoms with Crippen LogP contribution in [0.5, 0.6) is 5.75 Å². The Kier molecular flexibility index (Phi) is 16.3. The van der Waals surface area contributed by atoms with Crippen molar-refractivity contribution in [3.8, 4) is 5.75 Å². The van der Waals surface area contributed by atoms with Gasteiger partial charge in [0.25, 0.3) is 0 Å². The highest BCUT2D eigenvalue weighted by Crippen LogP contribution is 2.20. The first-order chi connectivity index (χ1) is 26.4. The van der Waals surface area contributed by atoms with Gasteiger partial charge in [0.1, 0.15) is 19.0 Å². The fourth-order valence-corrected chi connectivity index (χ4v) is 6.41. The third-order valence-corrected chi connectivity index (χ3v) is 9.41. The van der Waals surface area contributed by atoms with Crippen LogP contribution in [0, 0.1) is 11.8 Å². The van der Waals surface area contributed by atoms with Gasteiger partial charge in [0.15, 0.2) is 0 Å². The lowest BCUT2D eigenvalue weighted by Crippen LogP contribution is -2.46. The van der Waals surface area contributed by atoms with Gasteiger partial charge in [-0.25, -0.2) is 0 Å². The number of cyclic esters (lactones) is 1. The summed E-state index contributed by atoms with van der Waals surface area (Å²) in [6.45, 7) is 0.600. The average molecular weight is 733 g/mol. The van der Waals surface area contributed by atoms with Gasteiger partial charge in [0.05, 0.1) is 43.7 Å². The molecule has 284 valence electrons. The summed E-state index contributed by atoms with van der Waals surface area (Å²) >= 11 is 0. The second kappa shape index (κ2) is 22.1. The number of aliphatic hydroxyl groups excluding tert-OH is 1. The van der Waals surface area contributed by atoms with Gasteiger partial charge in [-0.15, -0.1) is 0 Å². The standard InChI is InChI=1S/C45H52N2O7/c48-29-40(27-35-22-24-42(25-23-35)53-31-37-18-10-5-11-19-37)46-43(49)28-38-20-12-1-2-13-21-39(26-34-14-6-3-7-15-34)45(51)54-33-41(47-44(38)50)32-52-30-36-16-8-4-9-17-36/h1,3-12,14-19,22-25,38-41,48H,2,13,20-21,26-33H2,(H,46,49)(H,47,50). The second-order valence-electron chi connectivity index (χ2n) is 13.8. The molecule has 9 nitrogen and oxygen atoms in total. The summed E-state index contributed by atoms with van der Waals surface area (Å²) in [5.41, 5.74) is 4.05.